The molecule has 1 fully saturated rings. The van der Waals surface area contributed by atoms with Crippen molar-refractivity contribution < 1.29 is 14.3 Å². The number of hydrogen-bond donors (Lipinski definition) is 0. The minimum Gasteiger partial charge on any atom is -0.464 e. The number of carbonyl (C=O) groups is 1. The Balaban J connectivity index is 2.05. The molecule has 1 aliphatic rings. The van der Waals surface area contributed by atoms with E-state index in [1.807, 2.05) is 12.1 Å². The summed E-state index contributed by atoms with van der Waals surface area (Å²) < 4.78 is 11.8. The van der Waals surface area contributed by atoms with Gasteiger partial charge in [0.2, 0.25) is 0 Å². The molecule has 6 nitrogen and oxygen atoms in total. The van der Waals surface area contributed by atoms with Crippen molar-refractivity contribution in [1.29, 1.82) is 5.26 Å². The summed E-state index contributed by atoms with van der Waals surface area (Å²) in [6.45, 7) is 1.60. The Kier molecular flexibility index (Phi) is 4.07. The van der Waals surface area contributed by atoms with Crippen molar-refractivity contribution in [2.75, 3.05) is 20.3 Å². The SMILES string of the molecule is COC(=O)c1cc2nc(C3CCOCC3)ccc2n1CC#N. The van der Waals surface area contributed by atoms with Crippen LogP contribution in [0.2, 0.25) is 0 Å². The van der Waals surface area contributed by atoms with Crippen molar-refractivity contribution in [1.82, 2.24) is 9.55 Å². The lowest BCUT2D eigenvalue weighted by Gasteiger charge is -2.21. The molecule has 0 saturated carbocycles. The molecule has 6 heteroatoms. The summed E-state index contributed by atoms with van der Waals surface area (Å²) in [5.41, 5.74) is 2.87. The topological polar surface area (TPSA) is 77.1 Å². The quantitative estimate of drug-likeness (QED) is 0.812. The van der Waals surface area contributed by atoms with Crippen LogP contribution in [0.25, 0.3) is 11.0 Å². The first-order chi connectivity index (χ1) is 10.7. The number of fused-ring (bicyclic) bond motifs is 1. The van der Waals surface area contributed by atoms with Crippen LogP contribution >= 0.6 is 0 Å². The van der Waals surface area contributed by atoms with Crippen molar-refractivity contribution in [2.24, 2.45) is 0 Å². The van der Waals surface area contributed by atoms with Crippen LogP contribution in [-0.4, -0.2) is 35.8 Å². The fourth-order valence-electron chi connectivity index (χ4n) is 2.89. The molecule has 0 bridgehead atoms. The summed E-state index contributed by atoms with van der Waals surface area (Å²) in [5, 5.41) is 8.98. The van der Waals surface area contributed by atoms with Crippen molar-refractivity contribution in [3.8, 4) is 6.07 Å². The molecule has 0 radical (unpaired) electrons. The van der Waals surface area contributed by atoms with Crippen LogP contribution in [0, 0.1) is 11.3 Å². The zero-order valence-electron chi connectivity index (χ0n) is 12.4. The molecule has 3 rings (SSSR count). The molecule has 0 spiro atoms. The molecule has 0 aliphatic carbocycles. The van der Waals surface area contributed by atoms with Gasteiger partial charge in [-0.15, -0.1) is 0 Å². The van der Waals surface area contributed by atoms with Gasteiger partial charge in [0.05, 0.1) is 24.2 Å². The highest BCUT2D eigenvalue weighted by Gasteiger charge is 2.20. The van der Waals surface area contributed by atoms with Crippen molar-refractivity contribution >= 4 is 17.0 Å². The minimum atomic E-state index is -0.458. The van der Waals surface area contributed by atoms with Crippen molar-refractivity contribution in [2.45, 2.75) is 25.3 Å². The number of nitriles is 1. The van der Waals surface area contributed by atoms with Gasteiger partial charge in [0.15, 0.2) is 0 Å². The largest absolute Gasteiger partial charge is 0.464 e. The number of ether oxygens (including phenoxy) is 2. The van der Waals surface area contributed by atoms with Crippen LogP contribution in [0.15, 0.2) is 18.2 Å². The lowest BCUT2D eigenvalue weighted by Crippen LogP contribution is -2.15. The van der Waals surface area contributed by atoms with Gasteiger partial charge in [0, 0.05) is 24.8 Å². The Morgan fingerprint density at radius 1 is 1.50 bits per heavy atom. The smallest absolute Gasteiger partial charge is 0.354 e. The van der Waals surface area contributed by atoms with E-state index < -0.39 is 5.97 Å². The molecule has 0 amide bonds. The summed E-state index contributed by atoms with van der Waals surface area (Å²) in [6, 6.07) is 7.67. The second-order valence-electron chi connectivity index (χ2n) is 5.29. The van der Waals surface area contributed by atoms with E-state index >= 15 is 0 Å². The van der Waals surface area contributed by atoms with Gasteiger partial charge in [-0.25, -0.2) is 4.79 Å². The fraction of sp³-hybridized carbons (Fsp3) is 0.438. The molecule has 2 aromatic heterocycles. The number of esters is 1. The van der Waals surface area contributed by atoms with Crippen LogP contribution in [0.5, 0.6) is 0 Å². The molecule has 22 heavy (non-hydrogen) atoms. The molecular formula is C16H17N3O3. The van der Waals surface area contributed by atoms with Crippen LogP contribution < -0.4 is 0 Å². The Morgan fingerprint density at radius 2 is 2.27 bits per heavy atom. The first kappa shape index (κ1) is 14.5. The average molecular weight is 299 g/mol. The number of aromatic nitrogens is 2. The second-order valence-corrected chi connectivity index (χ2v) is 5.29. The van der Waals surface area contributed by atoms with Gasteiger partial charge in [-0.2, -0.15) is 5.26 Å². The highest BCUT2D eigenvalue weighted by Crippen LogP contribution is 2.28. The molecule has 0 unspecified atom stereocenters. The lowest BCUT2D eigenvalue weighted by atomic mass is 9.96. The maximum atomic E-state index is 11.9. The predicted octanol–water partition coefficient (Wildman–Crippen LogP) is 2.24. The fourth-order valence-corrected chi connectivity index (χ4v) is 2.89. The summed E-state index contributed by atoms with van der Waals surface area (Å²) in [5.74, 6) is -0.0695. The molecule has 0 atom stereocenters. The highest BCUT2D eigenvalue weighted by atomic mass is 16.5. The van der Waals surface area contributed by atoms with Gasteiger partial charge >= 0.3 is 5.97 Å². The Labute approximate surface area is 128 Å². The summed E-state index contributed by atoms with van der Waals surface area (Å²) in [6.07, 6.45) is 1.92. The van der Waals surface area contributed by atoms with Crippen LogP contribution in [0.1, 0.15) is 34.9 Å². The summed E-state index contributed by atoms with van der Waals surface area (Å²) in [4.78, 5) is 16.6. The zero-order valence-corrected chi connectivity index (χ0v) is 12.4. The Morgan fingerprint density at radius 3 is 2.95 bits per heavy atom. The van der Waals surface area contributed by atoms with E-state index in [-0.39, 0.29) is 6.54 Å². The monoisotopic (exact) mass is 299 g/mol. The third-order valence-corrected chi connectivity index (χ3v) is 4.04. The molecule has 114 valence electrons. The van der Waals surface area contributed by atoms with Crippen LogP contribution in [-0.2, 0) is 16.0 Å². The zero-order chi connectivity index (χ0) is 15.5. The van der Waals surface area contributed by atoms with Crippen molar-refractivity contribution in [3.63, 3.8) is 0 Å². The maximum absolute atomic E-state index is 11.9. The molecule has 1 saturated heterocycles. The first-order valence-corrected chi connectivity index (χ1v) is 7.27. The van der Waals surface area contributed by atoms with Crippen LogP contribution in [0.3, 0.4) is 0 Å². The molecule has 0 N–H and O–H groups in total. The maximum Gasteiger partial charge on any atom is 0.354 e. The number of hydrogen-bond acceptors (Lipinski definition) is 5. The van der Waals surface area contributed by atoms with E-state index in [2.05, 4.69) is 11.1 Å². The number of methoxy groups -OCH3 is 1. The Hall–Kier alpha value is -2.39. The van der Waals surface area contributed by atoms with E-state index in [9.17, 15) is 4.79 Å². The van der Waals surface area contributed by atoms with E-state index in [0.717, 1.165) is 42.8 Å². The molecule has 1 aliphatic heterocycles. The molecule has 2 aromatic rings. The third kappa shape index (κ3) is 2.55. The highest BCUT2D eigenvalue weighted by molar-refractivity contribution is 5.94. The van der Waals surface area contributed by atoms with Gasteiger partial charge in [-0.1, -0.05) is 0 Å². The van der Waals surface area contributed by atoms with Crippen LogP contribution in [0.4, 0.5) is 0 Å². The van der Waals surface area contributed by atoms with Gasteiger partial charge in [-0.3, -0.25) is 4.98 Å². The first-order valence-electron chi connectivity index (χ1n) is 7.27. The number of rotatable bonds is 3. The second kappa shape index (κ2) is 6.16. The summed E-state index contributed by atoms with van der Waals surface area (Å²) in [7, 11) is 1.33. The van der Waals surface area contributed by atoms with E-state index in [0.29, 0.717) is 11.6 Å². The molecule has 0 aromatic carbocycles. The number of carbonyl (C=O) groups excluding carboxylic acids is 1. The van der Waals surface area contributed by atoms with Gasteiger partial charge in [0.1, 0.15) is 12.2 Å². The van der Waals surface area contributed by atoms with Gasteiger partial charge in [-0.05, 0) is 31.0 Å². The third-order valence-electron chi connectivity index (χ3n) is 4.04. The van der Waals surface area contributed by atoms with Gasteiger partial charge < -0.3 is 14.0 Å². The molecular weight excluding hydrogens is 282 g/mol. The van der Waals surface area contributed by atoms with Gasteiger partial charge in [0.25, 0.3) is 0 Å². The summed E-state index contributed by atoms with van der Waals surface area (Å²) >= 11 is 0. The average Bonchev–Trinajstić information content (AvgIpc) is 2.93. The van der Waals surface area contributed by atoms with Crippen molar-refractivity contribution in [3.05, 3.63) is 29.6 Å². The van der Waals surface area contributed by atoms with E-state index in [1.54, 1.807) is 10.6 Å². The lowest BCUT2D eigenvalue weighted by molar-refractivity contribution is 0.0590. The predicted molar refractivity (Wildman–Crippen MR) is 79.5 cm³/mol. The Bertz CT molecular complexity index is 739. The number of nitrogens with zero attached hydrogens (tertiary/aromatic N) is 3. The normalized spacial score (nSPS) is 15.6. The minimum absolute atomic E-state index is 0.0895. The standard InChI is InChI=1S/C16H17N3O3/c1-21-16(20)15-10-13-14(19(15)7-6-17)3-2-12(18-13)11-4-8-22-9-5-11/h2-3,10-11H,4-5,7-9H2,1H3. The van der Waals surface area contributed by atoms with E-state index in [1.165, 1.54) is 7.11 Å². The molecule has 3 heterocycles. The van der Waals surface area contributed by atoms with E-state index in [4.69, 9.17) is 14.7 Å². The number of pyridine rings is 1.